The Balaban J connectivity index is 1.77. The summed E-state index contributed by atoms with van der Waals surface area (Å²) in [5.74, 6) is 0.328. The molecule has 2 aliphatic heterocycles. The normalized spacial score (nSPS) is 25.5. The van der Waals surface area contributed by atoms with Crippen molar-refractivity contribution < 1.29 is 13.2 Å². The van der Waals surface area contributed by atoms with Gasteiger partial charge in [-0.25, -0.2) is 8.42 Å². The standard InChI is InChI=1S/C14H22N4O3S/c1-11-13(14(19)17-6-4-16(2)5-7-17)9-15-18(11)12-3-8-22(20,21)10-12/h9,12H,3-8,10H2,1-2H3. The van der Waals surface area contributed by atoms with Gasteiger partial charge in [-0.15, -0.1) is 0 Å². The van der Waals surface area contributed by atoms with E-state index in [0.29, 0.717) is 12.0 Å². The zero-order valence-corrected chi connectivity index (χ0v) is 13.8. The van der Waals surface area contributed by atoms with Crippen LogP contribution in [0.25, 0.3) is 0 Å². The first-order valence-corrected chi connectivity index (χ1v) is 9.42. The highest BCUT2D eigenvalue weighted by atomic mass is 32.2. The smallest absolute Gasteiger partial charge is 0.257 e. The van der Waals surface area contributed by atoms with E-state index in [9.17, 15) is 13.2 Å². The van der Waals surface area contributed by atoms with Crippen LogP contribution in [0.1, 0.15) is 28.5 Å². The van der Waals surface area contributed by atoms with Gasteiger partial charge in [0.25, 0.3) is 5.91 Å². The SMILES string of the molecule is Cc1c(C(=O)N2CCN(C)CC2)cnn1C1CCS(=O)(=O)C1. The van der Waals surface area contributed by atoms with E-state index in [2.05, 4.69) is 10.00 Å². The molecule has 0 saturated carbocycles. The lowest BCUT2D eigenvalue weighted by atomic mass is 10.2. The van der Waals surface area contributed by atoms with Crippen LogP contribution in [-0.2, 0) is 9.84 Å². The van der Waals surface area contributed by atoms with Crippen LogP contribution in [-0.4, -0.2) is 78.6 Å². The summed E-state index contributed by atoms with van der Waals surface area (Å²) in [6.07, 6.45) is 2.16. The van der Waals surface area contributed by atoms with Gasteiger partial charge in [0, 0.05) is 31.9 Å². The number of amides is 1. The van der Waals surface area contributed by atoms with Crippen molar-refractivity contribution in [3.8, 4) is 0 Å². The molecular weight excluding hydrogens is 304 g/mol. The van der Waals surface area contributed by atoms with Crippen LogP contribution >= 0.6 is 0 Å². The van der Waals surface area contributed by atoms with Gasteiger partial charge in [0.1, 0.15) is 0 Å². The van der Waals surface area contributed by atoms with Crippen molar-refractivity contribution in [2.45, 2.75) is 19.4 Å². The lowest BCUT2D eigenvalue weighted by Crippen LogP contribution is -2.47. The zero-order valence-electron chi connectivity index (χ0n) is 13.0. The third-order valence-electron chi connectivity index (χ3n) is 4.62. The Kier molecular flexibility index (Phi) is 3.98. The van der Waals surface area contributed by atoms with Crippen LogP contribution in [0.15, 0.2) is 6.20 Å². The summed E-state index contributed by atoms with van der Waals surface area (Å²) in [5, 5.41) is 4.29. The monoisotopic (exact) mass is 326 g/mol. The van der Waals surface area contributed by atoms with Gasteiger partial charge in [-0.05, 0) is 20.4 Å². The molecule has 122 valence electrons. The molecule has 2 fully saturated rings. The molecule has 0 aliphatic carbocycles. The van der Waals surface area contributed by atoms with Crippen molar-refractivity contribution in [2.75, 3.05) is 44.7 Å². The number of hydrogen-bond acceptors (Lipinski definition) is 5. The number of rotatable bonds is 2. The Morgan fingerprint density at radius 2 is 1.95 bits per heavy atom. The van der Waals surface area contributed by atoms with Gasteiger partial charge < -0.3 is 9.80 Å². The number of carbonyl (C=O) groups excluding carboxylic acids is 1. The molecule has 0 spiro atoms. The lowest BCUT2D eigenvalue weighted by molar-refractivity contribution is 0.0663. The van der Waals surface area contributed by atoms with E-state index in [-0.39, 0.29) is 23.5 Å². The first-order valence-electron chi connectivity index (χ1n) is 7.60. The average Bonchev–Trinajstić information content (AvgIpc) is 3.01. The van der Waals surface area contributed by atoms with Crippen LogP contribution in [0.5, 0.6) is 0 Å². The second kappa shape index (κ2) is 5.66. The van der Waals surface area contributed by atoms with Gasteiger partial charge in [0.2, 0.25) is 0 Å². The van der Waals surface area contributed by atoms with Crippen molar-refractivity contribution in [3.63, 3.8) is 0 Å². The van der Waals surface area contributed by atoms with E-state index >= 15 is 0 Å². The minimum absolute atomic E-state index is 0.00213. The number of piperazine rings is 1. The maximum Gasteiger partial charge on any atom is 0.257 e. The van der Waals surface area contributed by atoms with Gasteiger partial charge in [0.05, 0.1) is 29.3 Å². The summed E-state index contributed by atoms with van der Waals surface area (Å²) in [5.41, 5.74) is 1.36. The van der Waals surface area contributed by atoms with Crippen LogP contribution in [0, 0.1) is 6.92 Å². The summed E-state index contributed by atoms with van der Waals surface area (Å²) < 4.78 is 25.0. The summed E-state index contributed by atoms with van der Waals surface area (Å²) in [6, 6.07) is -0.140. The Morgan fingerprint density at radius 3 is 2.55 bits per heavy atom. The highest BCUT2D eigenvalue weighted by Gasteiger charge is 2.32. The summed E-state index contributed by atoms with van der Waals surface area (Å²) in [7, 11) is -0.912. The molecule has 1 aromatic rings. The molecule has 0 N–H and O–H groups in total. The average molecular weight is 326 g/mol. The Hall–Kier alpha value is -1.41. The molecular formula is C14H22N4O3S. The first-order chi connectivity index (χ1) is 10.4. The number of nitrogens with zero attached hydrogens (tertiary/aromatic N) is 4. The van der Waals surface area contributed by atoms with E-state index in [1.54, 1.807) is 10.9 Å². The van der Waals surface area contributed by atoms with Crippen LogP contribution < -0.4 is 0 Å². The van der Waals surface area contributed by atoms with Crippen molar-refractivity contribution in [2.24, 2.45) is 0 Å². The summed E-state index contributed by atoms with van der Waals surface area (Å²) >= 11 is 0. The maximum absolute atomic E-state index is 12.6. The Labute approximate surface area is 130 Å². The van der Waals surface area contributed by atoms with E-state index in [1.165, 1.54) is 0 Å². The van der Waals surface area contributed by atoms with Crippen molar-refractivity contribution in [1.29, 1.82) is 0 Å². The number of hydrogen-bond donors (Lipinski definition) is 0. The van der Waals surface area contributed by atoms with E-state index < -0.39 is 9.84 Å². The van der Waals surface area contributed by atoms with Gasteiger partial charge in [-0.1, -0.05) is 0 Å². The van der Waals surface area contributed by atoms with Crippen LogP contribution in [0.2, 0.25) is 0 Å². The molecule has 22 heavy (non-hydrogen) atoms. The van der Waals surface area contributed by atoms with Crippen LogP contribution in [0.3, 0.4) is 0 Å². The Bertz CT molecular complexity index is 674. The van der Waals surface area contributed by atoms with Crippen molar-refractivity contribution >= 4 is 15.7 Å². The topological polar surface area (TPSA) is 75.5 Å². The highest BCUT2D eigenvalue weighted by Crippen LogP contribution is 2.25. The number of carbonyl (C=O) groups is 1. The maximum atomic E-state index is 12.6. The number of aromatic nitrogens is 2. The Morgan fingerprint density at radius 1 is 1.27 bits per heavy atom. The highest BCUT2D eigenvalue weighted by molar-refractivity contribution is 7.91. The number of likely N-dealkylation sites (N-methyl/N-ethyl adjacent to an activating group) is 1. The fourth-order valence-corrected chi connectivity index (χ4v) is 4.84. The van der Waals surface area contributed by atoms with E-state index in [0.717, 1.165) is 31.9 Å². The minimum Gasteiger partial charge on any atom is -0.336 e. The summed E-state index contributed by atoms with van der Waals surface area (Å²) in [6.45, 7) is 5.04. The molecule has 7 nitrogen and oxygen atoms in total. The molecule has 1 unspecified atom stereocenters. The first kappa shape index (κ1) is 15.5. The molecule has 2 saturated heterocycles. The third kappa shape index (κ3) is 2.89. The van der Waals surface area contributed by atoms with Gasteiger partial charge in [-0.2, -0.15) is 5.10 Å². The molecule has 3 rings (SSSR count). The quantitative estimate of drug-likeness (QED) is 0.761. The molecule has 3 heterocycles. The van der Waals surface area contributed by atoms with Crippen LogP contribution in [0.4, 0.5) is 0 Å². The molecule has 8 heteroatoms. The van der Waals surface area contributed by atoms with E-state index in [4.69, 9.17) is 0 Å². The largest absolute Gasteiger partial charge is 0.336 e. The fourth-order valence-electron chi connectivity index (χ4n) is 3.15. The predicted octanol–water partition coefficient (Wildman–Crippen LogP) is -0.0613. The number of sulfone groups is 1. The fraction of sp³-hybridized carbons (Fsp3) is 0.714. The van der Waals surface area contributed by atoms with Gasteiger partial charge >= 0.3 is 0 Å². The summed E-state index contributed by atoms with van der Waals surface area (Å²) in [4.78, 5) is 16.7. The third-order valence-corrected chi connectivity index (χ3v) is 6.37. The molecule has 1 aromatic heterocycles. The van der Waals surface area contributed by atoms with Crippen molar-refractivity contribution in [1.82, 2.24) is 19.6 Å². The van der Waals surface area contributed by atoms with E-state index in [1.807, 2.05) is 18.9 Å². The molecule has 2 aliphatic rings. The minimum atomic E-state index is -2.96. The molecule has 1 amide bonds. The molecule has 0 bridgehead atoms. The second-order valence-corrected chi connectivity index (χ2v) is 8.47. The van der Waals surface area contributed by atoms with Gasteiger partial charge in [-0.3, -0.25) is 9.48 Å². The lowest BCUT2D eigenvalue weighted by Gasteiger charge is -2.32. The second-order valence-electron chi connectivity index (χ2n) is 6.24. The molecule has 0 radical (unpaired) electrons. The molecule has 0 aromatic carbocycles. The van der Waals surface area contributed by atoms with Crippen molar-refractivity contribution in [3.05, 3.63) is 17.5 Å². The van der Waals surface area contributed by atoms with Gasteiger partial charge in [0.15, 0.2) is 9.84 Å². The zero-order chi connectivity index (χ0) is 15.9. The predicted molar refractivity (Wildman–Crippen MR) is 82.7 cm³/mol. The molecule has 1 atom stereocenters.